The molecule has 20 heavy (non-hydrogen) atoms. The molecule has 0 fully saturated rings. The lowest BCUT2D eigenvalue weighted by molar-refractivity contribution is -0.273. The first-order valence-corrected chi connectivity index (χ1v) is 5.84. The highest BCUT2D eigenvalue weighted by atomic mass is 32.1. The number of carbonyl (C=O) groups excluding carboxylic acids is 3. The molecular weight excluding hydrogens is 294 g/mol. The van der Waals surface area contributed by atoms with Crippen molar-refractivity contribution in [2.75, 3.05) is 19.8 Å². The predicted octanol–water partition coefficient (Wildman–Crippen LogP) is -3.53. The first-order valence-electron chi connectivity index (χ1n) is 5.47. The molecule has 0 saturated carbocycles. The molecule has 0 rings (SSSR count). The lowest BCUT2D eigenvalue weighted by Gasteiger charge is -2.38. The summed E-state index contributed by atoms with van der Waals surface area (Å²) < 4.78 is 4.56. The number of thiol groups is 1. The lowest BCUT2D eigenvalue weighted by atomic mass is 10.3. The van der Waals surface area contributed by atoms with E-state index in [4.69, 9.17) is 15.3 Å². The maximum Gasteiger partial charge on any atom is 0.143 e. The summed E-state index contributed by atoms with van der Waals surface area (Å²) in [5, 5.41) is 28.5. The van der Waals surface area contributed by atoms with Crippen molar-refractivity contribution in [2.45, 2.75) is 18.1 Å². The summed E-state index contributed by atoms with van der Waals surface area (Å²) in [6, 6.07) is -3.62. The average Bonchev–Trinajstić information content (AvgIpc) is 2.49. The molecule has 3 atom stereocenters. The fourth-order valence-corrected chi connectivity index (χ4v) is 1.39. The first kappa shape index (κ1) is 19.1. The van der Waals surface area contributed by atoms with Crippen LogP contribution in [0, 0.1) is 0 Å². The third-order valence-electron chi connectivity index (χ3n) is 2.24. The van der Waals surface area contributed by atoms with E-state index in [1.165, 1.54) is 0 Å². The van der Waals surface area contributed by atoms with Crippen molar-refractivity contribution < 1.29 is 34.0 Å². The van der Waals surface area contributed by atoms with E-state index in [9.17, 15) is 14.4 Å². The van der Waals surface area contributed by atoms with Crippen LogP contribution < -0.4 is 5.43 Å². The van der Waals surface area contributed by atoms with Gasteiger partial charge < -0.3 is 29.7 Å². The van der Waals surface area contributed by atoms with Gasteiger partial charge in [-0.25, -0.2) is 9.71 Å². The van der Waals surface area contributed by atoms with Crippen molar-refractivity contribution in [1.82, 2.24) is 15.7 Å². The molecule has 116 valence electrons. The van der Waals surface area contributed by atoms with Crippen LogP contribution in [-0.4, -0.2) is 82.4 Å². The van der Waals surface area contributed by atoms with E-state index in [-0.39, 0.29) is 0 Å². The zero-order chi connectivity index (χ0) is 15.5. The van der Waals surface area contributed by atoms with Crippen LogP contribution in [0.15, 0.2) is 0 Å². The molecule has 0 unspecified atom stereocenters. The number of carbonyl (C=O) groups is 3. The molecule has 0 heterocycles. The number of aliphatic hydroxyl groups excluding tert-OH is 3. The van der Waals surface area contributed by atoms with Gasteiger partial charge in [0.15, 0.2) is 0 Å². The fourth-order valence-electron chi connectivity index (χ4n) is 1.19. The second kappa shape index (κ2) is 10.8. The summed E-state index contributed by atoms with van der Waals surface area (Å²) in [5.74, 6) is 0. The van der Waals surface area contributed by atoms with Gasteiger partial charge in [-0.2, -0.15) is 0 Å². The molecule has 0 aromatic rings. The quantitative estimate of drug-likeness (QED) is 0.107. The molecule has 0 saturated heterocycles. The molecule has 0 amide bonds. The molecule has 0 spiro atoms. The highest BCUT2D eigenvalue weighted by Crippen LogP contribution is 2.08. The Morgan fingerprint density at radius 1 is 1.00 bits per heavy atom. The van der Waals surface area contributed by atoms with Crippen LogP contribution in [0.4, 0.5) is 0 Å². The Hall–Kier alpha value is -0.920. The predicted molar refractivity (Wildman–Crippen MR) is 67.7 cm³/mol. The Morgan fingerprint density at radius 2 is 1.55 bits per heavy atom. The first-order chi connectivity index (χ1) is 9.62. The number of nitrogens with one attached hydrogen (secondary N) is 1. The maximum atomic E-state index is 10.9. The van der Waals surface area contributed by atoms with Gasteiger partial charge in [0.2, 0.25) is 0 Å². The summed E-state index contributed by atoms with van der Waals surface area (Å²) in [6.07, 6.45) is 0.960. The van der Waals surface area contributed by atoms with E-state index < -0.39 is 37.9 Å². The summed E-state index contributed by atoms with van der Waals surface area (Å²) in [7, 11) is 0. The lowest BCUT2D eigenvalue weighted by Crippen LogP contribution is -2.64. The monoisotopic (exact) mass is 311 g/mol. The van der Waals surface area contributed by atoms with Gasteiger partial charge in [-0.3, -0.25) is 0 Å². The van der Waals surface area contributed by atoms with Gasteiger partial charge in [0.05, 0.1) is 19.8 Å². The number of hydroxylamine groups is 1. The van der Waals surface area contributed by atoms with Gasteiger partial charge in [0.1, 0.15) is 37.0 Å². The number of aliphatic hydroxyl groups is 3. The smallest absolute Gasteiger partial charge is 0.143 e. The summed E-state index contributed by atoms with van der Waals surface area (Å²) >= 11 is 3.48. The van der Waals surface area contributed by atoms with Crippen LogP contribution >= 0.6 is 12.9 Å². The van der Waals surface area contributed by atoms with Gasteiger partial charge in [0.25, 0.3) is 0 Å². The number of hydrogen-bond acceptors (Lipinski definition) is 11. The zero-order valence-electron chi connectivity index (χ0n) is 10.4. The Morgan fingerprint density at radius 3 is 1.85 bits per heavy atom. The zero-order valence-corrected chi connectivity index (χ0v) is 11.3. The third-order valence-corrected chi connectivity index (χ3v) is 2.41. The molecule has 4 N–H and O–H groups in total. The number of hydrazine groups is 2. The molecule has 0 aliphatic heterocycles. The molecule has 0 radical (unpaired) electrons. The molecule has 0 aromatic carbocycles. The van der Waals surface area contributed by atoms with Gasteiger partial charge in [0, 0.05) is 12.9 Å². The molecule has 10 nitrogen and oxygen atoms in total. The second-order valence-electron chi connectivity index (χ2n) is 3.56. The Balaban J connectivity index is 5.28. The van der Waals surface area contributed by atoms with Crippen LogP contribution in [0.5, 0.6) is 0 Å². The van der Waals surface area contributed by atoms with Gasteiger partial charge in [-0.05, 0) is 0 Å². The number of aldehydes is 3. The van der Waals surface area contributed by atoms with E-state index in [1.807, 2.05) is 0 Å². The molecule has 0 aromatic heterocycles. The molecule has 0 aliphatic carbocycles. The van der Waals surface area contributed by atoms with Crippen molar-refractivity contribution in [3.8, 4) is 0 Å². The molecular formula is C9H17N3O7S. The normalized spacial score (nSPS) is 15.9. The van der Waals surface area contributed by atoms with Crippen LogP contribution in [0.2, 0.25) is 0 Å². The topological polar surface area (TPSA) is 140 Å². The van der Waals surface area contributed by atoms with E-state index in [1.54, 1.807) is 0 Å². The maximum absolute atomic E-state index is 10.9. The largest absolute Gasteiger partial charge is 0.394 e. The van der Waals surface area contributed by atoms with Crippen LogP contribution in [-0.2, 0) is 18.7 Å². The molecule has 11 heteroatoms. The SMILES string of the molecule is O=C[C@H](CO)NN([C@H](C=O)CO)N(OS)[C@H](C=O)CO. The Bertz CT molecular complexity index is 309. The summed E-state index contributed by atoms with van der Waals surface area (Å²) in [6.45, 7) is -1.97. The second-order valence-corrected chi connectivity index (χ2v) is 3.72. The van der Waals surface area contributed by atoms with Crippen molar-refractivity contribution in [3.05, 3.63) is 0 Å². The summed E-state index contributed by atoms with van der Waals surface area (Å²) in [4.78, 5) is 32.4. The van der Waals surface area contributed by atoms with Gasteiger partial charge >= 0.3 is 0 Å². The Kier molecular flexibility index (Phi) is 10.3. The van der Waals surface area contributed by atoms with Gasteiger partial charge in [-0.1, -0.05) is 5.17 Å². The van der Waals surface area contributed by atoms with Crippen molar-refractivity contribution in [3.63, 3.8) is 0 Å². The van der Waals surface area contributed by atoms with Crippen LogP contribution in [0.1, 0.15) is 0 Å². The molecule has 0 bridgehead atoms. The van der Waals surface area contributed by atoms with Crippen LogP contribution in [0.3, 0.4) is 0 Å². The number of hydrogen-bond donors (Lipinski definition) is 5. The number of rotatable bonds is 12. The highest BCUT2D eigenvalue weighted by Gasteiger charge is 2.32. The van der Waals surface area contributed by atoms with Crippen LogP contribution in [0.25, 0.3) is 0 Å². The van der Waals surface area contributed by atoms with Crippen molar-refractivity contribution in [1.29, 1.82) is 0 Å². The van der Waals surface area contributed by atoms with E-state index >= 15 is 0 Å². The Labute approximate surface area is 120 Å². The average molecular weight is 311 g/mol. The fraction of sp³-hybridized carbons (Fsp3) is 0.667. The van der Waals surface area contributed by atoms with E-state index in [0.717, 1.165) is 5.12 Å². The molecule has 0 aliphatic rings. The van der Waals surface area contributed by atoms with Crippen molar-refractivity contribution >= 4 is 31.8 Å². The minimum Gasteiger partial charge on any atom is -0.394 e. The highest BCUT2D eigenvalue weighted by molar-refractivity contribution is 7.75. The minimum atomic E-state index is -1.25. The van der Waals surface area contributed by atoms with Crippen molar-refractivity contribution in [2.24, 2.45) is 0 Å². The minimum absolute atomic E-state index is 0.305. The van der Waals surface area contributed by atoms with Gasteiger partial charge in [-0.15, -0.1) is 5.12 Å². The van der Waals surface area contributed by atoms with E-state index in [0.29, 0.717) is 24.0 Å². The van der Waals surface area contributed by atoms with E-state index in [2.05, 4.69) is 22.6 Å². The third kappa shape index (κ3) is 5.22. The summed E-state index contributed by atoms with van der Waals surface area (Å²) in [5.41, 5.74) is 2.36. The number of nitrogens with zero attached hydrogens (tertiary/aromatic N) is 2. The standard InChI is InChI=1S/C9H17N3O7S/c13-1-7(2-14)10-11(8(3-15)4-16)12(19-20)9(5-17)6-18/h1,3,5,7-10,14,16,18,20H,2,4,6H2/t7-,8-,9-/m1/s1.